The summed E-state index contributed by atoms with van der Waals surface area (Å²) in [4.78, 5) is 23.7. The fourth-order valence-electron chi connectivity index (χ4n) is 1.83. The Morgan fingerprint density at radius 2 is 2.00 bits per heavy atom. The SMILES string of the molecule is O=C1CN(CC2CCOC2)CC(=O)O1. The van der Waals surface area contributed by atoms with Crippen molar-refractivity contribution in [2.45, 2.75) is 6.42 Å². The van der Waals surface area contributed by atoms with Crippen LogP contribution in [0.3, 0.4) is 0 Å². The van der Waals surface area contributed by atoms with E-state index in [1.807, 2.05) is 4.90 Å². The zero-order valence-corrected chi connectivity index (χ0v) is 7.90. The summed E-state index contributed by atoms with van der Waals surface area (Å²) in [7, 11) is 0. The lowest BCUT2D eigenvalue weighted by atomic mass is 10.1. The molecule has 78 valence electrons. The predicted octanol–water partition coefficient (Wildman–Crippen LogP) is -0.592. The average Bonchev–Trinajstić information content (AvgIpc) is 2.54. The van der Waals surface area contributed by atoms with Crippen LogP contribution in [0.25, 0.3) is 0 Å². The Balaban J connectivity index is 1.84. The number of carbonyl (C=O) groups is 2. The first kappa shape index (κ1) is 9.61. The quantitative estimate of drug-likeness (QED) is 0.439. The molecule has 0 radical (unpaired) electrons. The summed E-state index contributed by atoms with van der Waals surface area (Å²) < 4.78 is 9.65. The van der Waals surface area contributed by atoms with Gasteiger partial charge in [-0.05, 0) is 12.3 Å². The molecule has 0 bridgehead atoms. The minimum absolute atomic E-state index is 0.224. The highest BCUT2D eigenvalue weighted by Crippen LogP contribution is 2.14. The van der Waals surface area contributed by atoms with Crippen molar-refractivity contribution in [3.8, 4) is 0 Å². The maximum absolute atomic E-state index is 10.9. The summed E-state index contributed by atoms with van der Waals surface area (Å²) in [5.41, 5.74) is 0. The second-order valence-corrected chi connectivity index (χ2v) is 3.75. The van der Waals surface area contributed by atoms with E-state index in [9.17, 15) is 9.59 Å². The molecule has 0 spiro atoms. The number of rotatable bonds is 2. The van der Waals surface area contributed by atoms with Crippen LogP contribution in [0.2, 0.25) is 0 Å². The van der Waals surface area contributed by atoms with Crippen molar-refractivity contribution in [2.24, 2.45) is 5.92 Å². The maximum atomic E-state index is 10.9. The summed E-state index contributed by atoms with van der Waals surface area (Å²) in [6, 6.07) is 0. The van der Waals surface area contributed by atoms with Gasteiger partial charge >= 0.3 is 11.9 Å². The monoisotopic (exact) mass is 199 g/mol. The van der Waals surface area contributed by atoms with Crippen LogP contribution >= 0.6 is 0 Å². The van der Waals surface area contributed by atoms with E-state index in [4.69, 9.17) is 4.74 Å². The van der Waals surface area contributed by atoms with E-state index in [2.05, 4.69) is 4.74 Å². The van der Waals surface area contributed by atoms with E-state index in [1.54, 1.807) is 0 Å². The maximum Gasteiger partial charge on any atom is 0.327 e. The number of carbonyl (C=O) groups excluding carboxylic acids is 2. The first-order chi connectivity index (χ1) is 6.74. The molecule has 1 unspecified atom stereocenters. The third-order valence-electron chi connectivity index (χ3n) is 2.47. The fourth-order valence-corrected chi connectivity index (χ4v) is 1.83. The van der Waals surface area contributed by atoms with Crippen molar-refractivity contribution in [3.63, 3.8) is 0 Å². The molecular formula is C9H13NO4. The van der Waals surface area contributed by atoms with Gasteiger partial charge in [0.05, 0.1) is 19.7 Å². The van der Waals surface area contributed by atoms with Gasteiger partial charge in [-0.2, -0.15) is 0 Å². The number of hydrogen-bond donors (Lipinski definition) is 0. The Kier molecular flexibility index (Phi) is 2.79. The molecule has 0 aromatic rings. The van der Waals surface area contributed by atoms with E-state index in [1.165, 1.54) is 0 Å². The molecule has 0 N–H and O–H groups in total. The zero-order valence-electron chi connectivity index (χ0n) is 7.90. The zero-order chi connectivity index (χ0) is 9.97. The molecule has 2 rings (SSSR count). The highest BCUT2D eigenvalue weighted by atomic mass is 16.6. The average molecular weight is 199 g/mol. The van der Waals surface area contributed by atoms with Gasteiger partial charge in [-0.15, -0.1) is 0 Å². The van der Waals surface area contributed by atoms with E-state index in [-0.39, 0.29) is 13.1 Å². The van der Waals surface area contributed by atoms with E-state index in [0.717, 1.165) is 26.2 Å². The number of esters is 2. The van der Waals surface area contributed by atoms with Gasteiger partial charge in [0.15, 0.2) is 0 Å². The molecule has 0 saturated carbocycles. The Labute approximate surface area is 82.0 Å². The molecule has 5 heteroatoms. The smallest absolute Gasteiger partial charge is 0.327 e. The van der Waals surface area contributed by atoms with Crippen molar-refractivity contribution < 1.29 is 19.1 Å². The van der Waals surface area contributed by atoms with Crippen molar-refractivity contribution >= 4 is 11.9 Å². The van der Waals surface area contributed by atoms with Crippen LogP contribution < -0.4 is 0 Å². The first-order valence-electron chi connectivity index (χ1n) is 4.77. The van der Waals surface area contributed by atoms with Gasteiger partial charge in [0.25, 0.3) is 0 Å². The van der Waals surface area contributed by atoms with Crippen LogP contribution in [0.5, 0.6) is 0 Å². The number of cyclic esters (lactones) is 2. The molecule has 0 aliphatic carbocycles. The second-order valence-electron chi connectivity index (χ2n) is 3.75. The molecule has 5 nitrogen and oxygen atoms in total. The van der Waals surface area contributed by atoms with Crippen LogP contribution in [-0.2, 0) is 19.1 Å². The minimum Gasteiger partial charge on any atom is -0.391 e. The molecule has 2 aliphatic rings. The predicted molar refractivity (Wildman–Crippen MR) is 46.5 cm³/mol. The molecule has 2 saturated heterocycles. The molecule has 0 amide bonds. The summed E-state index contributed by atoms with van der Waals surface area (Å²) in [5.74, 6) is -0.436. The van der Waals surface area contributed by atoms with E-state index in [0.29, 0.717) is 5.92 Å². The van der Waals surface area contributed by atoms with Crippen molar-refractivity contribution in [3.05, 3.63) is 0 Å². The molecule has 0 aromatic heterocycles. The third-order valence-corrected chi connectivity index (χ3v) is 2.47. The van der Waals surface area contributed by atoms with Gasteiger partial charge in [0, 0.05) is 13.2 Å². The molecule has 0 aromatic carbocycles. The van der Waals surface area contributed by atoms with Crippen molar-refractivity contribution in [1.82, 2.24) is 4.90 Å². The van der Waals surface area contributed by atoms with Crippen LogP contribution in [0.1, 0.15) is 6.42 Å². The van der Waals surface area contributed by atoms with Gasteiger partial charge in [-0.25, -0.2) is 0 Å². The lowest BCUT2D eigenvalue weighted by molar-refractivity contribution is -0.167. The highest BCUT2D eigenvalue weighted by Gasteiger charge is 2.27. The van der Waals surface area contributed by atoms with Gasteiger partial charge < -0.3 is 9.47 Å². The minimum atomic E-state index is -0.444. The van der Waals surface area contributed by atoms with E-state index >= 15 is 0 Å². The Morgan fingerprint density at radius 1 is 1.29 bits per heavy atom. The second kappa shape index (κ2) is 4.06. The number of morpholine rings is 1. The molecular weight excluding hydrogens is 186 g/mol. The Morgan fingerprint density at radius 3 is 2.57 bits per heavy atom. The van der Waals surface area contributed by atoms with Crippen LogP contribution in [0.15, 0.2) is 0 Å². The Bertz CT molecular complexity index is 231. The van der Waals surface area contributed by atoms with Gasteiger partial charge in [0.1, 0.15) is 0 Å². The number of nitrogens with zero attached hydrogens (tertiary/aromatic N) is 1. The lowest BCUT2D eigenvalue weighted by Gasteiger charge is -2.25. The normalized spacial score (nSPS) is 29.3. The molecule has 1 atom stereocenters. The molecule has 2 aliphatic heterocycles. The number of ether oxygens (including phenoxy) is 2. The summed E-state index contributed by atoms with van der Waals surface area (Å²) >= 11 is 0. The lowest BCUT2D eigenvalue weighted by Crippen LogP contribution is -2.44. The molecule has 14 heavy (non-hydrogen) atoms. The number of hydrogen-bond acceptors (Lipinski definition) is 5. The molecule has 2 fully saturated rings. The van der Waals surface area contributed by atoms with E-state index < -0.39 is 11.9 Å². The standard InChI is InChI=1S/C9H13NO4/c11-8-4-10(5-9(12)14-8)3-7-1-2-13-6-7/h7H,1-6H2. The van der Waals surface area contributed by atoms with Crippen molar-refractivity contribution in [2.75, 3.05) is 32.8 Å². The van der Waals surface area contributed by atoms with Crippen LogP contribution in [0.4, 0.5) is 0 Å². The van der Waals surface area contributed by atoms with Crippen molar-refractivity contribution in [1.29, 1.82) is 0 Å². The largest absolute Gasteiger partial charge is 0.391 e. The van der Waals surface area contributed by atoms with Crippen LogP contribution in [0, 0.1) is 5.92 Å². The molecule has 2 heterocycles. The van der Waals surface area contributed by atoms with Gasteiger partial charge in [-0.3, -0.25) is 14.5 Å². The fraction of sp³-hybridized carbons (Fsp3) is 0.778. The summed E-state index contributed by atoms with van der Waals surface area (Å²) in [5, 5.41) is 0. The first-order valence-corrected chi connectivity index (χ1v) is 4.77. The van der Waals surface area contributed by atoms with Gasteiger partial charge in [0.2, 0.25) is 0 Å². The third kappa shape index (κ3) is 2.30. The Hall–Kier alpha value is -0.940. The summed E-state index contributed by atoms with van der Waals surface area (Å²) in [6.07, 6.45) is 1.01. The topological polar surface area (TPSA) is 55.8 Å². The van der Waals surface area contributed by atoms with Gasteiger partial charge in [-0.1, -0.05) is 0 Å². The summed E-state index contributed by atoms with van der Waals surface area (Å²) in [6.45, 7) is 2.72. The van der Waals surface area contributed by atoms with Crippen LogP contribution in [-0.4, -0.2) is 49.7 Å². The highest BCUT2D eigenvalue weighted by molar-refractivity contribution is 5.90.